The van der Waals surface area contributed by atoms with E-state index in [0.29, 0.717) is 29.1 Å². The number of nitrogens with one attached hydrogen (secondary N) is 2. The molecule has 0 saturated heterocycles. The molecule has 0 saturated carbocycles. The van der Waals surface area contributed by atoms with E-state index in [2.05, 4.69) is 36.4 Å². The van der Waals surface area contributed by atoms with Crippen molar-refractivity contribution in [3.05, 3.63) is 72.2 Å². The van der Waals surface area contributed by atoms with Crippen LogP contribution in [0.5, 0.6) is 0 Å². The zero-order chi connectivity index (χ0) is 17.4. The Labute approximate surface area is 138 Å². The Bertz CT molecular complexity index is 693. The number of allylic oxidation sites excluding steroid dienone is 2. The zero-order valence-corrected chi connectivity index (χ0v) is 14.0. The van der Waals surface area contributed by atoms with E-state index < -0.39 is 0 Å². The summed E-state index contributed by atoms with van der Waals surface area (Å²) in [5, 5.41) is 15.4. The van der Waals surface area contributed by atoms with Gasteiger partial charge in [-0.1, -0.05) is 25.8 Å². The van der Waals surface area contributed by atoms with Gasteiger partial charge in [-0.25, -0.2) is 0 Å². The van der Waals surface area contributed by atoms with E-state index in [1.807, 2.05) is 26.0 Å². The third-order valence-corrected chi connectivity index (χ3v) is 3.18. The molecule has 0 amide bonds. The molecule has 1 aromatic carbocycles. The molecule has 4 nitrogen and oxygen atoms in total. The summed E-state index contributed by atoms with van der Waals surface area (Å²) in [5.41, 5.74) is 4.16. The van der Waals surface area contributed by atoms with Gasteiger partial charge >= 0.3 is 0 Å². The van der Waals surface area contributed by atoms with Gasteiger partial charge in [-0.2, -0.15) is 5.26 Å². The monoisotopic (exact) mass is 309 g/mol. The quantitative estimate of drug-likeness (QED) is 0.567. The van der Waals surface area contributed by atoms with Crippen molar-refractivity contribution in [1.82, 2.24) is 10.6 Å². The van der Waals surface area contributed by atoms with Crippen molar-refractivity contribution in [3.8, 4) is 6.07 Å². The fraction of sp³-hybridized carbons (Fsp3) is 0.211. The first-order valence-electron chi connectivity index (χ1n) is 7.30. The van der Waals surface area contributed by atoms with E-state index in [1.165, 1.54) is 0 Å². The molecule has 2 N–H and O–H groups in total. The van der Waals surface area contributed by atoms with Gasteiger partial charge in [0, 0.05) is 29.7 Å². The lowest BCUT2D eigenvalue weighted by Gasteiger charge is -2.14. The van der Waals surface area contributed by atoms with Crippen LogP contribution in [0.1, 0.15) is 30.5 Å². The summed E-state index contributed by atoms with van der Waals surface area (Å²) in [6.07, 6.45) is 1.79. The van der Waals surface area contributed by atoms with Crippen LogP contribution in [0.3, 0.4) is 0 Å². The molecule has 1 aromatic rings. The summed E-state index contributed by atoms with van der Waals surface area (Å²) in [5.74, 6) is 0.760. The molecular weight excluding hydrogens is 286 g/mol. The predicted molar refractivity (Wildman–Crippen MR) is 95.9 cm³/mol. The second-order valence-electron chi connectivity index (χ2n) is 4.92. The summed E-state index contributed by atoms with van der Waals surface area (Å²) in [6, 6.07) is 7.65. The number of rotatable bonds is 8. The molecule has 0 aliphatic carbocycles. The van der Waals surface area contributed by atoms with Gasteiger partial charge in [0.15, 0.2) is 0 Å². The van der Waals surface area contributed by atoms with E-state index in [1.54, 1.807) is 19.2 Å². The first-order chi connectivity index (χ1) is 10.9. The van der Waals surface area contributed by atoms with E-state index >= 15 is 0 Å². The number of hydrogen-bond donors (Lipinski definition) is 2. The van der Waals surface area contributed by atoms with Gasteiger partial charge in [0.25, 0.3) is 0 Å². The summed E-state index contributed by atoms with van der Waals surface area (Å²) >= 11 is 0. The van der Waals surface area contributed by atoms with Crippen molar-refractivity contribution < 1.29 is 4.74 Å². The summed E-state index contributed by atoms with van der Waals surface area (Å²) in [7, 11) is 1.80. The van der Waals surface area contributed by atoms with E-state index in [-0.39, 0.29) is 0 Å². The Morgan fingerprint density at radius 1 is 1.30 bits per heavy atom. The van der Waals surface area contributed by atoms with Crippen LogP contribution < -0.4 is 10.6 Å². The van der Waals surface area contributed by atoms with Crippen LogP contribution in [-0.4, -0.2) is 13.7 Å². The van der Waals surface area contributed by atoms with E-state index in [0.717, 1.165) is 17.0 Å². The maximum atomic E-state index is 9.29. The van der Waals surface area contributed by atoms with Gasteiger partial charge in [0.05, 0.1) is 24.0 Å². The fourth-order valence-electron chi connectivity index (χ4n) is 2.04. The number of benzene rings is 1. The molecular formula is C19H23N3O. The van der Waals surface area contributed by atoms with Crippen molar-refractivity contribution in [2.24, 2.45) is 0 Å². The van der Waals surface area contributed by atoms with Gasteiger partial charge in [-0.3, -0.25) is 0 Å². The molecule has 0 atom stereocenters. The third-order valence-electron chi connectivity index (χ3n) is 3.18. The smallest absolute Gasteiger partial charge is 0.0998 e. The second kappa shape index (κ2) is 8.50. The van der Waals surface area contributed by atoms with Crippen LogP contribution in [0.25, 0.3) is 11.4 Å². The topological polar surface area (TPSA) is 57.1 Å². The van der Waals surface area contributed by atoms with Gasteiger partial charge in [0.2, 0.25) is 0 Å². The lowest BCUT2D eigenvalue weighted by molar-refractivity contribution is 0.231. The molecule has 0 aliphatic rings. The van der Waals surface area contributed by atoms with Crippen molar-refractivity contribution in [1.29, 1.82) is 5.26 Å². The van der Waals surface area contributed by atoms with Crippen LogP contribution in [-0.2, 0) is 4.74 Å². The average Bonchev–Trinajstić information content (AvgIpc) is 2.53. The standard InChI is InChI=1S/C19H23N3O/c1-7-23-14(3)10-13(2)22-16(5)19-11-17(15(4)21-6)8-9-18(19)12-20/h8-11,21-22H,2,4-5,7H2,1,3,6H3/b14-10+. The lowest BCUT2D eigenvalue weighted by atomic mass is 10.0. The van der Waals surface area contributed by atoms with Crippen LogP contribution in [0.2, 0.25) is 0 Å². The molecule has 23 heavy (non-hydrogen) atoms. The van der Waals surface area contributed by atoms with Crippen molar-refractivity contribution in [2.75, 3.05) is 13.7 Å². The molecule has 0 aliphatic heterocycles. The molecule has 0 bridgehead atoms. The largest absolute Gasteiger partial charge is 0.498 e. The van der Waals surface area contributed by atoms with Gasteiger partial charge in [0.1, 0.15) is 0 Å². The number of ether oxygens (including phenoxy) is 1. The van der Waals surface area contributed by atoms with Crippen molar-refractivity contribution in [2.45, 2.75) is 13.8 Å². The molecule has 0 aromatic heterocycles. The van der Waals surface area contributed by atoms with E-state index in [4.69, 9.17) is 4.74 Å². The first kappa shape index (κ1) is 18.1. The molecule has 0 radical (unpaired) electrons. The fourth-order valence-corrected chi connectivity index (χ4v) is 2.04. The molecule has 0 fully saturated rings. The Kier molecular flexibility index (Phi) is 6.69. The summed E-state index contributed by atoms with van der Waals surface area (Å²) in [6.45, 7) is 16.3. The van der Waals surface area contributed by atoms with Crippen LogP contribution in [0.4, 0.5) is 0 Å². The van der Waals surface area contributed by atoms with Crippen molar-refractivity contribution >= 4 is 11.4 Å². The predicted octanol–water partition coefficient (Wildman–Crippen LogP) is 3.76. The minimum absolute atomic E-state index is 0.536. The highest BCUT2D eigenvalue weighted by atomic mass is 16.5. The Hall–Kier alpha value is -2.93. The highest BCUT2D eigenvalue weighted by Gasteiger charge is 2.09. The minimum Gasteiger partial charge on any atom is -0.498 e. The lowest BCUT2D eigenvalue weighted by Crippen LogP contribution is -2.11. The molecule has 0 unspecified atom stereocenters. The first-order valence-corrected chi connectivity index (χ1v) is 7.30. The van der Waals surface area contributed by atoms with Crippen molar-refractivity contribution in [3.63, 3.8) is 0 Å². The zero-order valence-electron chi connectivity index (χ0n) is 14.0. The average molecular weight is 309 g/mol. The maximum absolute atomic E-state index is 9.29. The van der Waals surface area contributed by atoms with Crippen LogP contribution >= 0.6 is 0 Å². The molecule has 1 rings (SSSR count). The van der Waals surface area contributed by atoms with E-state index in [9.17, 15) is 5.26 Å². The highest BCUT2D eigenvalue weighted by molar-refractivity contribution is 5.74. The van der Waals surface area contributed by atoms with Crippen LogP contribution in [0, 0.1) is 11.3 Å². The number of nitriles is 1. The Balaban J connectivity index is 3.03. The third kappa shape index (κ3) is 5.08. The SMILES string of the molecule is C=C(/C=C(\C)OCC)NC(=C)c1cc(C(=C)NC)ccc1C#N. The second-order valence-corrected chi connectivity index (χ2v) is 4.92. The number of hydrogen-bond acceptors (Lipinski definition) is 4. The Morgan fingerprint density at radius 3 is 2.57 bits per heavy atom. The minimum atomic E-state index is 0.536. The van der Waals surface area contributed by atoms with Gasteiger partial charge in [-0.15, -0.1) is 0 Å². The summed E-state index contributed by atoms with van der Waals surface area (Å²) in [4.78, 5) is 0. The molecule has 0 heterocycles. The molecule has 0 spiro atoms. The maximum Gasteiger partial charge on any atom is 0.0998 e. The highest BCUT2D eigenvalue weighted by Crippen LogP contribution is 2.21. The molecule has 4 heteroatoms. The Morgan fingerprint density at radius 2 is 2.00 bits per heavy atom. The summed E-state index contributed by atoms with van der Waals surface area (Å²) < 4.78 is 5.37. The van der Waals surface area contributed by atoms with Gasteiger partial charge < -0.3 is 15.4 Å². The normalized spacial score (nSPS) is 10.4. The van der Waals surface area contributed by atoms with Crippen LogP contribution in [0.15, 0.2) is 55.5 Å². The van der Waals surface area contributed by atoms with Gasteiger partial charge in [-0.05, 0) is 37.6 Å². The number of nitrogens with zero attached hydrogens (tertiary/aromatic N) is 1. The molecule has 120 valence electrons.